The highest BCUT2D eigenvalue weighted by Crippen LogP contribution is 2.20. The smallest absolute Gasteiger partial charge is 0.337 e. The van der Waals surface area contributed by atoms with E-state index >= 15 is 0 Å². The van der Waals surface area contributed by atoms with Crippen LogP contribution in [0.2, 0.25) is 5.02 Å². The summed E-state index contributed by atoms with van der Waals surface area (Å²) >= 11 is 5.74. The fourth-order valence-corrected chi connectivity index (χ4v) is 2.78. The number of nitrogens with one attached hydrogen (secondary N) is 1. The quantitative estimate of drug-likeness (QED) is 0.841. The summed E-state index contributed by atoms with van der Waals surface area (Å²) in [5.74, 6) is -1.22. The summed E-state index contributed by atoms with van der Waals surface area (Å²) < 4.78 is 12.0. The summed E-state index contributed by atoms with van der Waals surface area (Å²) in [5, 5.41) is 11.7. The van der Waals surface area contributed by atoms with E-state index in [4.69, 9.17) is 16.7 Å². The predicted octanol–water partition coefficient (Wildman–Crippen LogP) is 2.06. The molecule has 0 spiro atoms. The highest BCUT2D eigenvalue weighted by molar-refractivity contribution is 7.85. The fourth-order valence-electron chi connectivity index (χ4n) is 1.51. The molecule has 20 heavy (non-hydrogen) atoms. The zero-order chi connectivity index (χ0) is 15.3. The van der Waals surface area contributed by atoms with Gasteiger partial charge in [0.2, 0.25) is 5.91 Å². The number of aromatic carboxylic acids is 1. The minimum atomic E-state index is -1.44. The monoisotopic (exact) mass is 317 g/mol. The van der Waals surface area contributed by atoms with Crippen LogP contribution in [-0.2, 0) is 15.6 Å². The van der Waals surface area contributed by atoms with Gasteiger partial charge in [-0.15, -0.1) is 0 Å². The van der Waals surface area contributed by atoms with Crippen molar-refractivity contribution in [2.45, 2.75) is 31.2 Å². The second kappa shape index (κ2) is 7.40. The van der Waals surface area contributed by atoms with Crippen LogP contribution in [0.1, 0.15) is 30.6 Å². The molecule has 0 aliphatic rings. The molecule has 0 aliphatic heterocycles. The fraction of sp³-hybridized carbons (Fsp3) is 0.385. The van der Waals surface area contributed by atoms with Crippen LogP contribution >= 0.6 is 11.6 Å². The molecule has 1 atom stereocenters. The van der Waals surface area contributed by atoms with E-state index in [1.54, 1.807) is 0 Å². The van der Waals surface area contributed by atoms with Crippen molar-refractivity contribution in [3.8, 4) is 0 Å². The van der Waals surface area contributed by atoms with Gasteiger partial charge in [-0.3, -0.25) is 9.00 Å². The van der Waals surface area contributed by atoms with Crippen LogP contribution in [0.5, 0.6) is 0 Å². The zero-order valence-corrected chi connectivity index (χ0v) is 12.8. The van der Waals surface area contributed by atoms with E-state index in [1.807, 2.05) is 13.8 Å². The summed E-state index contributed by atoms with van der Waals surface area (Å²) in [6, 6.07) is 4.21. The SMILES string of the molecule is CC(C)NC(=O)CCS(=O)c1ccc(Cl)c(C(=O)O)c1. The number of benzene rings is 1. The summed E-state index contributed by atoms with van der Waals surface area (Å²) in [5.41, 5.74) is -0.0934. The van der Waals surface area contributed by atoms with Crippen LogP contribution in [-0.4, -0.2) is 33.0 Å². The zero-order valence-electron chi connectivity index (χ0n) is 11.2. The first kappa shape index (κ1) is 16.7. The maximum Gasteiger partial charge on any atom is 0.337 e. The number of halogens is 1. The minimum absolute atomic E-state index is 0.0325. The molecular weight excluding hydrogens is 302 g/mol. The van der Waals surface area contributed by atoms with Gasteiger partial charge in [-0.1, -0.05) is 11.6 Å². The number of carboxylic acids is 1. The molecule has 1 unspecified atom stereocenters. The number of hydrogen-bond acceptors (Lipinski definition) is 3. The third-order valence-electron chi connectivity index (χ3n) is 2.40. The second-order valence-corrected chi connectivity index (χ2v) is 6.45. The van der Waals surface area contributed by atoms with Gasteiger partial charge in [-0.05, 0) is 32.0 Å². The van der Waals surface area contributed by atoms with Gasteiger partial charge in [-0.25, -0.2) is 4.79 Å². The van der Waals surface area contributed by atoms with Gasteiger partial charge >= 0.3 is 5.97 Å². The third kappa shape index (κ3) is 4.94. The average Bonchev–Trinajstić information content (AvgIpc) is 2.35. The molecule has 1 amide bonds. The van der Waals surface area contributed by atoms with Crippen LogP contribution in [0.4, 0.5) is 0 Å². The Kier molecular flexibility index (Phi) is 6.16. The Morgan fingerprint density at radius 1 is 1.40 bits per heavy atom. The van der Waals surface area contributed by atoms with Gasteiger partial charge in [-0.2, -0.15) is 0 Å². The third-order valence-corrected chi connectivity index (χ3v) is 4.08. The number of carboxylic acid groups (broad SMARTS) is 1. The highest BCUT2D eigenvalue weighted by atomic mass is 35.5. The molecule has 0 heterocycles. The predicted molar refractivity (Wildman–Crippen MR) is 77.6 cm³/mol. The van der Waals surface area contributed by atoms with E-state index in [9.17, 15) is 13.8 Å². The van der Waals surface area contributed by atoms with Gasteiger partial charge in [0, 0.05) is 23.1 Å². The van der Waals surface area contributed by atoms with Gasteiger partial charge in [0.25, 0.3) is 0 Å². The van der Waals surface area contributed by atoms with E-state index < -0.39 is 16.8 Å². The lowest BCUT2D eigenvalue weighted by molar-refractivity contribution is -0.121. The topological polar surface area (TPSA) is 83.5 Å². The lowest BCUT2D eigenvalue weighted by Crippen LogP contribution is -2.30. The average molecular weight is 318 g/mol. The van der Waals surface area contributed by atoms with Crippen molar-refractivity contribution in [2.75, 3.05) is 5.75 Å². The maximum atomic E-state index is 12.0. The largest absolute Gasteiger partial charge is 0.478 e. The summed E-state index contributed by atoms with van der Waals surface area (Å²) in [6.07, 6.45) is 0.121. The molecule has 1 aromatic carbocycles. The highest BCUT2D eigenvalue weighted by Gasteiger charge is 2.13. The summed E-state index contributed by atoms with van der Waals surface area (Å²) in [7, 11) is -1.44. The van der Waals surface area contributed by atoms with E-state index in [1.165, 1.54) is 18.2 Å². The number of amides is 1. The number of hydrogen-bond donors (Lipinski definition) is 2. The van der Waals surface area contributed by atoms with Crippen molar-refractivity contribution in [1.82, 2.24) is 5.32 Å². The van der Waals surface area contributed by atoms with E-state index in [0.29, 0.717) is 4.90 Å². The first-order valence-corrected chi connectivity index (χ1v) is 7.71. The Morgan fingerprint density at radius 2 is 2.05 bits per heavy atom. The lowest BCUT2D eigenvalue weighted by atomic mass is 10.2. The number of carbonyl (C=O) groups excluding carboxylic acids is 1. The van der Waals surface area contributed by atoms with Crippen molar-refractivity contribution < 1.29 is 18.9 Å². The van der Waals surface area contributed by atoms with Crippen LogP contribution in [0.25, 0.3) is 0 Å². The van der Waals surface area contributed by atoms with Crippen molar-refractivity contribution in [3.05, 3.63) is 28.8 Å². The lowest BCUT2D eigenvalue weighted by Gasteiger charge is -2.08. The van der Waals surface area contributed by atoms with Crippen molar-refractivity contribution in [3.63, 3.8) is 0 Å². The van der Waals surface area contributed by atoms with Crippen LogP contribution in [0, 0.1) is 0 Å². The minimum Gasteiger partial charge on any atom is -0.478 e. The van der Waals surface area contributed by atoms with Crippen molar-refractivity contribution >= 4 is 34.3 Å². The van der Waals surface area contributed by atoms with Gasteiger partial charge < -0.3 is 10.4 Å². The normalized spacial score (nSPS) is 12.2. The van der Waals surface area contributed by atoms with Gasteiger partial charge in [0.15, 0.2) is 0 Å². The van der Waals surface area contributed by atoms with Crippen LogP contribution < -0.4 is 5.32 Å². The maximum absolute atomic E-state index is 12.0. The Morgan fingerprint density at radius 3 is 2.60 bits per heavy atom. The molecule has 0 fully saturated rings. The first-order valence-electron chi connectivity index (χ1n) is 6.02. The van der Waals surface area contributed by atoms with Gasteiger partial charge in [0.05, 0.1) is 21.4 Å². The molecule has 5 nitrogen and oxygen atoms in total. The van der Waals surface area contributed by atoms with Gasteiger partial charge in [0.1, 0.15) is 0 Å². The molecule has 0 radical (unpaired) electrons. The van der Waals surface area contributed by atoms with E-state index in [0.717, 1.165) is 0 Å². The first-order chi connectivity index (χ1) is 9.31. The second-order valence-electron chi connectivity index (χ2n) is 4.47. The van der Waals surface area contributed by atoms with Crippen LogP contribution in [0.3, 0.4) is 0 Å². The Labute approximate surface area is 124 Å². The molecule has 0 saturated carbocycles. The standard InChI is InChI=1S/C13H16ClNO4S/c1-8(2)15-12(16)5-6-20(19)9-3-4-11(14)10(7-9)13(17)18/h3-4,7-8H,5-6H2,1-2H3,(H,15,16)(H,17,18). The molecule has 0 aliphatic carbocycles. The van der Waals surface area contributed by atoms with Crippen molar-refractivity contribution in [1.29, 1.82) is 0 Å². The Balaban J connectivity index is 2.71. The molecule has 2 N–H and O–H groups in total. The number of rotatable bonds is 6. The van der Waals surface area contributed by atoms with E-state index in [-0.39, 0.29) is 34.7 Å². The Hall–Kier alpha value is -1.40. The van der Waals surface area contributed by atoms with E-state index in [2.05, 4.69) is 5.32 Å². The van der Waals surface area contributed by atoms with Crippen molar-refractivity contribution in [2.24, 2.45) is 0 Å². The molecule has 1 rings (SSSR count). The summed E-state index contributed by atoms with van der Waals surface area (Å²) in [6.45, 7) is 3.68. The molecule has 1 aromatic rings. The Bertz CT molecular complexity index is 545. The molecule has 7 heteroatoms. The summed E-state index contributed by atoms with van der Waals surface area (Å²) in [4.78, 5) is 22.7. The van der Waals surface area contributed by atoms with Crippen LogP contribution in [0.15, 0.2) is 23.1 Å². The molecule has 0 saturated heterocycles. The molecular formula is C13H16ClNO4S. The number of carbonyl (C=O) groups is 2. The molecule has 110 valence electrons. The molecule has 0 bridgehead atoms. The molecule has 0 aromatic heterocycles.